The Morgan fingerprint density at radius 3 is 2.83 bits per heavy atom. The van der Waals surface area contributed by atoms with E-state index in [0.29, 0.717) is 12.8 Å². The number of esters is 1. The number of aliphatic hydroxyl groups excluding tert-OH is 1. The standard InChI is InChI=1S/C9H14O3/c10-7-3-1-2-5-9(7)6-4-8(11)12-9/h7,10H,1-6H2. The van der Waals surface area contributed by atoms with E-state index in [1.165, 1.54) is 0 Å². The van der Waals surface area contributed by atoms with Gasteiger partial charge in [-0.15, -0.1) is 0 Å². The van der Waals surface area contributed by atoms with Crippen LogP contribution < -0.4 is 0 Å². The lowest BCUT2D eigenvalue weighted by atomic mass is 9.80. The van der Waals surface area contributed by atoms with E-state index < -0.39 is 11.7 Å². The van der Waals surface area contributed by atoms with Crippen molar-refractivity contribution in [3.05, 3.63) is 0 Å². The molecule has 3 heteroatoms. The van der Waals surface area contributed by atoms with Gasteiger partial charge in [0, 0.05) is 12.8 Å². The fourth-order valence-electron chi connectivity index (χ4n) is 2.24. The van der Waals surface area contributed by atoms with Crippen LogP contribution in [0.3, 0.4) is 0 Å². The number of ether oxygens (including phenoxy) is 1. The molecule has 0 aromatic heterocycles. The summed E-state index contributed by atoms with van der Waals surface area (Å²) in [4.78, 5) is 10.9. The summed E-state index contributed by atoms with van der Waals surface area (Å²) in [5, 5.41) is 9.70. The molecule has 2 atom stereocenters. The van der Waals surface area contributed by atoms with Crippen LogP contribution in [0.1, 0.15) is 38.5 Å². The molecule has 2 fully saturated rings. The van der Waals surface area contributed by atoms with Gasteiger partial charge in [-0.25, -0.2) is 0 Å². The van der Waals surface area contributed by atoms with Gasteiger partial charge in [-0.2, -0.15) is 0 Å². The van der Waals surface area contributed by atoms with Crippen molar-refractivity contribution in [1.82, 2.24) is 0 Å². The lowest BCUT2D eigenvalue weighted by molar-refractivity contribution is -0.163. The molecule has 1 aliphatic carbocycles. The van der Waals surface area contributed by atoms with Crippen LogP contribution >= 0.6 is 0 Å². The number of aliphatic hydroxyl groups is 1. The first kappa shape index (κ1) is 8.05. The number of hydrogen-bond acceptors (Lipinski definition) is 3. The Labute approximate surface area is 71.7 Å². The van der Waals surface area contributed by atoms with Gasteiger partial charge in [0.15, 0.2) is 0 Å². The molecule has 0 aromatic carbocycles. The average molecular weight is 170 g/mol. The fraction of sp³-hybridized carbons (Fsp3) is 0.889. The molecule has 3 nitrogen and oxygen atoms in total. The van der Waals surface area contributed by atoms with Gasteiger partial charge in [-0.3, -0.25) is 4.79 Å². The first-order valence-corrected chi connectivity index (χ1v) is 4.63. The second-order valence-corrected chi connectivity index (χ2v) is 3.80. The van der Waals surface area contributed by atoms with Gasteiger partial charge in [-0.05, 0) is 19.3 Å². The summed E-state index contributed by atoms with van der Waals surface area (Å²) in [6, 6.07) is 0. The molecule has 68 valence electrons. The Morgan fingerprint density at radius 1 is 1.42 bits per heavy atom. The van der Waals surface area contributed by atoms with Crippen LogP contribution in [0.25, 0.3) is 0 Å². The van der Waals surface area contributed by atoms with Crippen molar-refractivity contribution in [2.24, 2.45) is 0 Å². The molecule has 1 saturated carbocycles. The summed E-state index contributed by atoms with van der Waals surface area (Å²) >= 11 is 0. The topological polar surface area (TPSA) is 46.5 Å². The van der Waals surface area contributed by atoms with Gasteiger partial charge >= 0.3 is 5.97 Å². The van der Waals surface area contributed by atoms with E-state index in [0.717, 1.165) is 25.7 Å². The van der Waals surface area contributed by atoms with Crippen molar-refractivity contribution >= 4 is 5.97 Å². The lowest BCUT2D eigenvalue weighted by Gasteiger charge is -2.36. The maximum atomic E-state index is 10.9. The van der Waals surface area contributed by atoms with Crippen molar-refractivity contribution < 1.29 is 14.6 Å². The van der Waals surface area contributed by atoms with Crippen LogP contribution in [-0.4, -0.2) is 22.8 Å². The highest BCUT2D eigenvalue weighted by Gasteiger charge is 2.47. The molecule has 0 radical (unpaired) electrons. The Hall–Kier alpha value is -0.570. The highest BCUT2D eigenvalue weighted by Crippen LogP contribution is 2.39. The molecule has 1 N–H and O–H groups in total. The lowest BCUT2D eigenvalue weighted by Crippen LogP contribution is -2.44. The summed E-state index contributed by atoms with van der Waals surface area (Å²) in [7, 11) is 0. The third-order valence-electron chi connectivity index (χ3n) is 3.00. The minimum atomic E-state index is -0.491. The van der Waals surface area contributed by atoms with E-state index in [2.05, 4.69) is 0 Å². The minimum Gasteiger partial charge on any atom is -0.456 e. The molecule has 0 bridgehead atoms. The monoisotopic (exact) mass is 170 g/mol. The van der Waals surface area contributed by atoms with Gasteiger partial charge in [0.1, 0.15) is 5.60 Å². The van der Waals surface area contributed by atoms with E-state index >= 15 is 0 Å². The zero-order chi connectivity index (χ0) is 8.60. The predicted molar refractivity (Wildman–Crippen MR) is 42.5 cm³/mol. The van der Waals surface area contributed by atoms with Gasteiger partial charge in [0.05, 0.1) is 6.10 Å². The van der Waals surface area contributed by atoms with Crippen LogP contribution in [0.4, 0.5) is 0 Å². The Kier molecular flexibility index (Phi) is 1.83. The van der Waals surface area contributed by atoms with Gasteiger partial charge in [-0.1, -0.05) is 6.42 Å². The molecule has 2 aliphatic rings. The maximum absolute atomic E-state index is 10.9. The smallest absolute Gasteiger partial charge is 0.306 e. The Morgan fingerprint density at radius 2 is 2.25 bits per heavy atom. The summed E-state index contributed by atoms with van der Waals surface area (Å²) in [6.07, 6.45) is 4.54. The molecule has 1 spiro atoms. The van der Waals surface area contributed by atoms with Crippen molar-refractivity contribution in [3.8, 4) is 0 Å². The molecular weight excluding hydrogens is 156 g/mol. The van der Waals surface area contributed by atoms with Crippen LogP contribution in [0, 0.1) is 0 Å². The number of rotatable bonds is 0. The van der Waals surface area contributed by atoms with Crippen LogP contribution in [0.2, 0.25) is 0 Å². The van der Waals surface area contributed by atoms with E-state index in [1.54, 1.807) is 0 Å². The summed E-state index contributed by atoms with van der Waals surface area (Å²) in [5.41, 5.74) is -0.491. The first-order chi connectivity index (χ1) is 5.73. The van der Waals surface area contributed by atoms with E-state index in [4.69, 9.17) is 4.74 Å². The molecule has 12 heavy (non-hydrogen) atoms. The number of carbonyl (C=O) groups excluding carboxylic acids is 1. The zero-order valence-electron chi connectivity index (χ0n) is 7.08. The van der Waals surface area contributed by atoms with Crippen LogP contribution in [-0.2, 0) is 9.53 Å². The molecule has 2 rings (SSSR count). The zero-order valence-corrected chi connectivity index (χ0v) is 7.08. The molecule has 2 unspecified atom stereocenters. The molecule has 0 aromatic rings. The second kappa shape index (κ2) is 2.73. The summed E-state index contributed by atoms with van der Waals surface area (Å²) in [5.74, 6) is -0.143. The second-order valence-electron chi connectivity index (χ2n) is 3.80. The number of carbonyl (C=O) groups is 1. The fourth-order valence-corrected chi connectivity index (χ4v) is 2.24. The average Bonchev–Trinajstić information content (AvgIpc) is 2.41. The molecule has 1 heterocycles. The van der Waals surface area contributed by atoms with Crippen molar-refractivity contribution in [3.63, 3.8) is 0 Å². The SMILES string of the molecule is O=C1CCC2(CCCCC2O)O1. The summed E-state index contributed by atoms with van der Waals surface area (Å²) < 4.78 is 5.21. The molecular formula is C9H14O3. The third-order valence-corrected chi connectivity index (χ3v) is 3.00. The Balaban J connectivity index is 2.12. The van der Waals surface area contributed by atoms with Gasteiger partial charge in [0.25, 0.3) is 0 Å². The predicted octanol–water partition coefficient (Wildman–Crippen LogP) is 0.997. The highest BCUT2D eigenvalue weighted by molar-refractivity contribution is 5.72. The van der Waals surface area contributed by atoms with Crippen molar-refractivity contribution in [1.29, 1.82) is 0 Å². The van der Waals surface area contributed by atoms with E-state index in [9.17, 15) is 9.90 Å². The number of hydrogen-bond donors (Lipinski definition) is 1. The van der Waals surface area contributed by atoms with Crippen molar-refractivity contribution in [2.45, 2.75) is 50.2 Å². The normalized spacial score (nSPS) is 41.8. The quantitative estimate of drug-likeness (QED) is 0.551. The minimum absolute atomic E-state index is 0.143. The largest absolute Gasteiger partial charge is 0.456 e. The molecule has 1 aliphatic heterocycles. The van der Waals surface area contributed by atoms with E-state index in [1.807, 2.05) is 0 Å². The summed E-state index contributed by atoms with van der Waals surface area (Å²) in [6.45, 7) is 0. The first-order valence-electron chi connectivity index (χ1n) is 4.63. The molecule has 0 amide bonds. The Bertz CT molecular complexity index is 202. The van der Waals surface area contributed by atoms with Crippen molar-refractivity contribution in [2.75, 3.05) is 0 Å². The third kappa shape index (κ3) is 1.12. The van der Waals surface area contributed by atoms with Gasteiger partial charge in [0.2, 0.25) is 0 Å². The molecule has 1 saturated heterocycles. The highest BCUT2D eigenvalue weighted by atomic mass is 16.6. The van der Waals surface area contributed by atoms with E-state index in [-0.39, 0.29) is 5.97 Å². The van der Waals surface area contributed by atoms with Crippen LogP contribution in [0.15, 0.2) is 0 Å². The van der Waals surface area contributed by atoms with Crippen LogP contribution in [0.5, 0.6) is 0 Å². The van der Waals surface area contributed by atoms with Gasteiger partial charge < -0.3 is 9.84 Å². The maximum Gasteiger partial charge on any atom is 0.306 e.